The van der Waals surface area contributed by atoms with Gasteiger partial charge in [0.05, 0.1) is 12.1 Å². The second-order valence-corrected chi connectivity index (χ2v) is 5.92. The van der Waals surface area contributed by atoms with E-state index in [0.29, 0.717) is 6.04 Å². The van der Waals surface area contributed by atoms with Crippen LogP contribution in [-0.4, -0.2) is 32.3 Å². The number of nitrogens with one attached hydrogen (secondary N) is 1. The number of anilines is 1. The summed E-state index contributed by atoms with van der Waals surface area (Å²) in [6, 6.07) is 5.57. The minimum Gasteiger partial charge on any atom is -0.376 e. The lowest BCUT2D eigenvalue weighted by Crippen LogP contribution is -2.38. The lowest BCUT2D eigenvalue weighted by Gasteiger charge is -2.32. The van der Waals surface area contributed by atoms with Crippen LogP contribution in [0.1, 0.15) is 45.2 Å². The van der Waals surface area contributed by atoms with Gasteiger partial charge in [0.15, 0.2) is 0 Å². The molecule has 0 saturated carbocycles. The third-order valence-corrected chi connectivity index (χ3v) is 4.37. The molecule has 3 unspecified atom stereocenters. The van der Waals surface area contributed by atoms with Crippen molar-refractivity contribution < 1.29 is 9.13 Å². The average molecular weight is 294 g/mol. The Morgan fingerprint density at radius 1 is 1.48 bits per heavy atom. The number of rotatable bonds is 6. The topological polar surface area (TPSA) is 24.5 Å². The van der Waals surface area contributed by atoms with E-state index in [9.17, 15) is 4.39 Å². The second kappa shape index (κ2) is 7.23. The van der Waals surface area contributed by atoms with Gasteiger partial charge in [-0.05, 0) is 57.0 Å². The summed E-state index contributed by atoms with van der Waals surface area (Å²) < 4.78 is 19.3. The molecule has 1 aliphatic rings. The van der Waals surface area contributed by atoms with Crippen molar-refractivity contribution in [1.29, 1.82) is 0 Å². The molecule has 4 heteroatoms. The van der Waals surface area contributed by atoms with Crippen LogP contribution in [0.4, 0.5) is 10.1 Å². The van der Waals surface area contributed by atoms with Crippen molar-refractivity contribution in [1.82, 2.24) is 5.32 Å². The molecule has 1 aromatic rings. The first kappa shape index (κ1) is 16.2. The van der Waals surface area contributed by atoms with Crippen LogP contribution in [0.5, 0.6) is 0 Å². The summed E-state index contributed by atoms with van der Waals surface area (Å²) in [6.45, 7) is 8.07. The molecule has 2 rings (SSSR count). The molecule has 1 fully saturated rings. The first-order valence-corrected chi connectivity index (χ1v) is 7.91. The number of benzene rings is 1. The number of hydrogen-bond donors (Lipinski definition) is 1. The first-order chi connectivity index (χ1) is 10.0. The molecule has 1 aromatic carbocycles. The maximum Gasteiger partial charge on any atom is 0.123 e. The van der Waals surface area contributed by atoms with Gasteiger partial charge in [-0.15, -0.1) is 0 Å². The molecule has 0 spiro atoms. The minimum atomic E-state index is -0.178. The van der Waals surface area contributed by atoms with Crippen LogP contribution in [0.25, 0.3) is 0 Å². The van der Waals surface area contributed by atoms with Crippen molar-refractivity contribution in [2.24, 2.45) is 0 Å². The van der Waals surface area contributed by atoms with Crippen molar-refractivity contribution in [2.45, 2.75) is 51.8 Å². The highest BCUT2D eigenvalue weighted by atomic mass is 19.1. The summed E-state index contributed by atoms with van der Waals surface area (Å²) in [5.41, 5.74) is 2.11. The lowest BCUT2D eigenvalue weighted by atomic mass is 10.0. The maximum atomic E-state index is 13.7. The predicted octanol–water partition coefficient (Wildman–Crippen LogP) is 3.50. The van der Waals surface area contributed by atoms with Crippen LogP contribution >= 0.6 is 0 Å². The molecule has 1 aliphatic heterocycles. The Morgan fingerprint density at radius 2 is 2.24 bits per heavy atom. The van der Waals surface area contributed by atoms with E-state index in [1.54, 1.807) is 12.1 Å². The molecule has 0 bridgehead atoms. The molecule has 1 N–H and O–H groups in total. The second-order valence-electron chi connectivity index (χ2n) is 5.92. The molecule has 0 aliphatic carbocycles. The van der Waals surface area contributed by atoms with Crippen molar-refractivity contribution in [2.75, 3.05) is 25.1 Å². The van der Waals surface area contributed by atoms with E-state index in [1.165, 1.54) is 0 Å². The van der Waals surface area contributed by atoms with Crippen LogP contribution in [0.15, 0.2) is 18.2 Å². The molecule has 118 valence electrons. The fourth-order valence-electron chi connectivity index (χ4n) is 3.07. The van der Waals surface area contributed by atoms with Crippen molar-refractivity contribution in [3.05, 3.63) is 29.6 Å². The Hall–Kier alpha value is -1.13. The van der Waals surface area contributed by atoms with Gasteiger partial charge in [-0.1, -0.05) is 6.92 Å². The summed E-state index contributed by atoms with van der Waals surface area (Å²) in [7, 11) is 2.08. The van der Waals surface area contributed by atoms with Gasteiger partial charge >= 0.3 is 0 Å². The molecule has 0 radical (unpaired) electrons. The Morgan fingerprint density at radius 3 is 2.86 bits per heavy atom. The Balaban J connectivity index is 2.25. The zero-order valence-electron chi connectivity index (χ0n) is 13.5. The van der Waals surface area contributed by atoms with E-state index in [2.05, 4.69) is 38.0 Å². The summed E-state index contributed by atoms with van der Waals surface area (Å²) >= 11 is 0. The van der Waals surface area contributed by atoms with Gasteiger partial charge in [-0.2, -0.15) is 0 Å². The van der Waals surface area contributed by atoms with Gasteiger partial charge in [0, 0.05) is 25.4 Å². The SMILES string of the molecule is CCCNC(C)c1cc(F)ccc1N(C)C1CCOC1C. The summed E-state index contributed by atoms with van der Waals surface area (Å²) in [5, 5.41) is 3.45. The van der Waals surface area contributed by atoms with Crippen molar-refractivity contribution in [3.63, 3.8) is 0 Å². The first-order valence-electron chi connectivity index (χ1n) is 7.91. The number of likely N-dealkylation sites (N-methyl/N-ethyl adjacent to an activating group) is 1. The molecule has 0 amide bonds. The molecule has 1 heterocycles. The minimum absolute atomic E-state index is 0.135. The fraction of sp³-hybridized carbons (Fsp3) is 0.647. The third-order valence-electron chi connectivity index (χ3n) is 4.37. The highest BCUT2D eigenvalue weighted by Gasteiger charge is 2.29. The number of ether oxygens (including phenoxy) is 1. The molecule has 3 atom stereocenters. The van der Waals surface area contributed by atoms with Crippen molar-refractivity contribution in [3.8, 4) is 0 Å². The molecule has 0 aromatic heterocycles. The fourth-order valence-corrected chi connectivity index (χ4v) is 3.07. The Kier molecular flexibility index (Phi) is 5.59. The Bertz CT molecular complexity index is 466. The van der Waals surface area contributed by atoms with E-state index in [4.69, 9.17) is 4.74 Å². The third kappa shape index (κ3) is 3.74. The van der Waals surface area contributed by atoms with Gasteiger partial charge in [-0.25, -0.2) is 4.39 Å². The van der Waals surface area contributed by atoms with E-state index >= 15 is 0 Å². The standard InChI is InChI=1S/C17H27FN2O/c1-5-9-19-12(2)15-11-14(18)6-7-17(15)20(4)16-8-10-21-13(16)3/h6-7,11-13,16,19H,5,8-10H2,1-4H3. The number of hydrogen-bond acceptors (Lipinski definition) is 3. The molecular weight excluding hydrogens is 267 g/mol. The summed E-state index contributed by atoms with van der Waals surface area (Å²) in [5.74, 6) is -0.178. The van der Waals surface area contributed by atoms with Gasteiger partial charge in [0.2, 0.25) is 0 Å². The Labute approximate surface area is 127 Å². The van der Waals surface area contributed by atoms with Crippen LogP contribution in [0.2, 0.25) is 0 Å². The van der Waals surface area contributed by atoms with Gasteiger partial charge < -0.3 is 15.0 Å². The van der Waals surface area contributed by atoms with E-state index in [0.717, 1.165) is 37.2 Å². The van der Waals surface area contributed by atoms with Crippen LogP contribution < -0.4 is 10.2 Å². The summed E-state index contributed by atoms with van der Waals surface area (Å²) in [4.78, 5) is 2.25. The average Bonchev–Trinajstić information content (AvgIpc) is 2.90. The van der Waals surface area contributed by atoms with Crippen molar-refractivity contribution >= 4 is 5.69 Å². The quantitative estimate of drug-likeness (QED) is 0.869. The molecule has 3 nitrogen and oxygen atoms in total. The molecule has 21 heavy (non-hydrogen) atoms. The predicted molar refractivity (Wildman–Crippen MR) is 85.3 cm³/mol. The zero-order valence-corrected chi connectivity index (χ0v) is 13.5. The highest BCUT2D eigenvalue weighted by molar-refractivity contribution is 5.55. The summed E-state index contributed by atoms with van der Waals surface area (Å²) in [6.07, 6.45) is 2.30. The van der Waals surface area contributed by atoms with Crippen LogP contribution in [0.3, 0.4) is 0 Å². The van der Waals surface area contributed by atoms with Gasteiger partial charge in [-0.3, -0.25) is 0 Å². The highest BCUT2D eigenvalue weighted by Crippen LogP contribution is 2.31. The van der Waals surface area contributed by atoms with E-state index in [1.807, 2.05) is 6.07 Å². The number of nitrogens with zero attached hydrogens (tertiary/aromatic N) is 1. The normalized spacial score (nSPS) is 23.3. The van der Waals surface area contributed by atoms with Gasteiger partial charge in [0.1, 0.15) is 5.82 Å². The van der Waals surface area contributed by atoms with Gasteiger partial charge in [0.25, 0.3) is 0 Å². The monoisotopic (exact) mass is 294 g/mol. The van der Waals surface area contributed by atoms with Crippen LogP contribution in [-0.2, 0) is 4.74 Å². The van der Waals surface area contributed by atoms with E-state index in [-0.39, 0.29) is 18.0 Å². The largest absolute Gasteiger partial charge is 0.376 e. The molecule has 1 saturated heterocycles. The van der Waals surface area contributed by atoms with Crippen LogP contribution in [0, 0.1) is 5.82 Å². The zero-order chi connectivity index (χ0) is 15.4. The maximum absolute atomic E-state index is 13.7. The lowest BCUT2D eigenvalue weighted by molar-refractivity contribution is 0.118. The number of halogens is 1. The van der Waals surface area contributed by atoms with E-state index < -0.39 is 0 Å². The smallest absolute Gasteiger partial charge is 0.123 e. The molecular formula is C17H27FN2O.